The number of halogens is 3. The SMILES string of the molecule is FC(F)(F)c1cccc(SSc2ccccc2)c1. The van der Waals surface area contributed by atoms with Crippen LogP contribution in [0.1, 0.15) is 5.56 Å². The van der Waals surface area contributed by atoms with E-state index in [-0.39, 0.29) is 0 Å². The Bertz CT molecular complexity index is 509. The lowest BCUT2D eigenvalue weighted by atomic mass is 10.2. The van der Waals surface area contributed by atoms with Crippen LogP contribution in [0.3, 0.4) is 0 Å². The summed E-state index contributed by atoms with van der Waals surface area (Å²) in [7, 11) is 2.76. The van der Waals surface area contributed by atoms with Crippen LogP contribution in [0, 0.1) is 0 Å². The van der Waals surface area contributed by atoms with Crippen molar-refractivity contribution in [3.05, 3.63) is 60.2 Å². The fourth-order valence-corrected chi connectivity index (χ4v) is 3.29. The van der Waals surface area contributed by atoms with Gasteiger partial charge in [-0.3, -0.25) is 0 Å². The van der Waals surface area contributed by atoms with Gasteiger partial charge in [0.2, 0.25) is 0 Å². The Morgan fingerprint density at radius 2 is 1.33 bits per heavy atom. The summed E-state index contributed by atoms with van der Waals surface area (Å²) in [4.78, 5) is 1.61. The van der Waals surface area contributed by atoms with Crippen LogP contribution in [-0.2, 0) is 6.18 Å². The molecule has 2 aromatic carbocycles. The van der Waals surface area contributed by atoms with E-state index in [9.17, 15) is 13.2 Å². The van der Waals surface area contributed by atoms with Gasteiger partial charge >= 0.3 is 6.18 Å². The highest BCUT2D eigenvalue weighted by molar-refractivity contribution is 8.76. The molecule has 0 aliphatic rings. The molecule has 0 saturated heterocycles. The smallest absolute Gasteiger partial charge is 0.166 e. The van der Waals surface area contributed by atoms with Gasteiger partial charge in [-0.2, -0.15) is 13.2 Å². The van der Waals surface area contributed by atoms with Gasteiger partial charge in [0.05, 0.1) is 5.56 Å². The second kappa shape index (κ2) is 5.71. The van der Waals surface area contributed by atoms with Crippen LogP contribution in [-0.4, -0.2) is 0 Å². The average Bonchev–Trinajstić information content (AvgIpc) is 2.37. The minimum atomic E-state index is -4.28. The molecule has 2 rings (SSSR count). The summed E-state index contributed by atoms with van der Waals surface area (Å²) in [6.07, 6.45) is -4.28. The van der Waals surface area contributed by atoms with Crippen molar-refractivity contribution in [3.8, 4) is 0 Å². The minimum absolute atomic E-state index is 0.596. The van der Waals surface area contributed by atoms with Crippen molar-refractivity contribution in [2.45, 2.75) is 16.0 Å². The number of benzene rings is 2. The van der Waals surface area contributed by atoms with Crippen LogP contribution in [0.4, 0.5) is 13.2 Å². The summed E-state index contributed by atoms with van der Waals surface area (Å²) >= 11 is 0. The summed E-state index contributed by atoms with van der Waals surface area (Å²) in [6, 6.07) is 14.9. The van der Waals surface area contributed by atoms with Gasteiger partial charge in [-0.1, -0.05) is 45.9 Å². The lowest BCUT2D eigenvalue weighted by molar-refractivity contribution is -0.137. The van der Waals surface area contributed by atoms with Crippen molar-refractivity contribution in [1.82, 2.24) is 0 Å². The van der Waals surface area contributed by atoms with Crippen molar-refractivity contribution < 1.29 is 13.2 Å². The van der Waals surface area contributed by atoms with Crippen molar-refractivity contribution in [2.75, 3.05) is 0 Å². The third-order valence-electron chi connectivity index (χ3n) is 2.14. The number of hydrogen-bond acceptors (Lipinski definition) is 2. The highest BCUT2D eigenvalue weighted by atomic mass is 33.1. The molecule has 0 saturated carbocycles. The van der Waals surface area contributed by atoms with Gasteiger partial charge in [0.25, 0.3) is 0 Å². The van der Waals surface area contributed by atoms with E-state index >= 15 is 0 Å². The fraction of sp³-hybridized carbons (Fsp3) is 0.0769. The Morgan fingerprint density at radius 1 is 0.722 bits per heavy atom. The molecule has 0 atom stereocenters. The predicted octanol–water partition coefficient (Wildman–Crippen LogP) is 5.50. The Morgan fingerprint density at radius 3 is 2.00 bits per heavy atom. The largest absolute Gasteiger partial charge is 0.416 e. The van der Waals surface area contributed by atoms with Gasteiger partial charge in [-0.15, -0.1) is 0 Å². The topological polar surface area (TPSA) is 0 Å². The van der Waals surface area contributed by atoms with Gasteiger partial charge in [0.1, 0.15) is 0 Å². The maximum atomic E-state index is 12.5. The predicted molar refractivity (Wildman–Crippen MR) is 69.6 cm³/mol. The summed E-state index contributed by atoms with van der Waals surface area (Å²) < 4.78 is 37.5. The molecule has 0 unspecified atom stereocenters. The monoisotopic (exact) mass is 286 g/mol. The molecule has 0 bridgehead atoms. The van der Waals surface area contributed by atoms with E-state index in [4.69, 9.17) is 0 Å². The first-order valence-electron chi connectivity index (χ1n) is 5.12. The molecule has 0 aliphatic heterocycles. The fourth-order valence-electron chi connectivity index (χ4n) is 1.30. The first-order valence-corrected chi connectivity index (χ1v) is 7.27. The van der Waals surface area contributed by atoms with Crippen LogP contribution < -0.4 is 0 Å². The Balaban J connectivity index is 2.06. The van der Waals surface area contributed by atoms with Crippen molar-refractivity contribution in [3.63, 3.8) is 0 Å². The van der Waals surface area contributed by atoms with Gasteiger partial charge in [0.15, 0.2) is 0 Å². The Labute approximate surface area is 111 Å². The molecular weight excluding hydrogens is 277 g/mol. The van der Waals surface area contributed by atoms with Crippen LogP contribution in [0.2, 0.25) is 0 Å². The standard InChI is InChI=1S/C13H9F3S2/c14-13(15,16)10-5-4-8-12(9-10)18-17-11-6-2-1-3-7-11/h1-9H. The van der Waals surface area contributed by atoms with Gasteiger partial charge in [-0.25, -0.2) is 0 Å². The molecule has 0 nitrogen and oxygen atoms in total. The molecule has 18 heavy (non-hydrogen) atoms. The average molecular weight is 286 g/mol. The van der Waals surface area contributed by atoms with E-state index in [0.29, 0.717) is 4.90 Å². The van der Waals surface area contributed by atoms with E-state index in [1.165, 1.54) is 33.7 Å². The normalized spacial score (nSPS) is 11.5. The third-order valence-corrected chi connectivity index (χ3v) is 4.54. The minimum Gasteiger partial charge on any atom is -0.166 e. The van der Waals surface area contributed by atoms with E-state index in [1.807, 2.05) is 30.3 Å². The number of rotatable bonds is 3. The summed E-state index contributed by atoms with van der Waals surface area (Å²) in [6.45, 7) is 0. The zero-order chi connectivity index (χ0) is 13.0. The molecule has 0 aliphatic carbocycles. The zero-order valence-electron chi connectivity index (χ0n) is 9.15. The highest BCUT2D eigenvalue weighted by Gasteiger charge is 2.30. The van der Waals surface area contributed by atoms with Crippen molar-refractivity contribution in [2.24, 2.45) is 0 Å². The number of alkyl halides is 3. The lowest BCUT2D eigenvalue weighted by Gasteiger charge is -2.08. The molecule has 5 heteroatoms. The highest BCUT2D eigenvalue weighted by Crippen LogP contribution is 2.39. The second-order valence-electron chi connectivity index (χ2n) is 3.51. The van der Waals surface area contributed by atoms with E-state index < -0.39 is 11.7 Å². The maximum Gasteiger partial charge on any atom is 0.416 e. The molecule has 0 heterocycles. The van der Waals surface area contributed by atoms with E-state index in [1.54, 1.807) is 6.07 Å². The zero-order valence-corrected chi connectivity index (χ0v) is 10.8. The van der Waals surface area contributed by atoms with Crippen molar-refractivity contribution in [1.29, 1.82) is 0 Å². The van der Waals surface area contributed by atoms with Gasteiger partial charge in [-0.05, 0) is 30.3 Å². The van der Waals surface area contributed by atoms with Crippen molar-refractivity contribution >= 4 is 21.6 Å². The molecule has 0 spiro atoms. The molecule has 0 fully saturated rings. The Hall–Kier alpha value is -1.07. The van der Waals surface area contributed by atoms with Gasteiger partial charge in [0, 0.05) is 9.79 Å². The first kappa shape index (κ1) is 13.4. The lowest BCUT2D eigenvalue weighted by Crippen LogP contribution is -2.04. The second-order valence-corrected chi connectivity index (χ2v) is 5.78. The summed E-state index contributed by atoms with van der Waals surface area (Å²) in [5.41, 5.74) is -0.610. The quantitative estimate of drug-likeness (QED) is 0.683. The van der Waals surface area contributed by atoms with Crippen LogP contribution in [0.15, 0.2) is 64.4 Å². The molecule has 0 aromatic heterocycles. The molecular formula is C13H9F3S2. The number of hydrogen-bond donors (Lipinski definition) is 0. The molecule has 0 radical (unpaired) electrons. The molecule has 2 aromatic rings. The summed E-state index contributed by atoms with van der Waals surface area (Å²) in [5, 5.41) is 0. The van der Waals surface area contributed by atoms with Crippen LogP contribution >= 0.6 is 21.6 Å². The third kappa shape index (κ3) is 3.71. The molecule has 0 N–H and O–H groups in total. The molecule has 0 amide bonds. The van der Waals surface area contributed by atoms with Crippen LogP contribution in [0.5, 0.6) is 0 Å². The van der Waals surface area contributed by atoms with E-state index in [2.05, 4.69) is 0 Å². The van der Waals surface area contributed by atoms with E-state index in [0.717, 1.165) is 11.0 Å². The van der Waals surface area contributed by atoms with Gasteiger partial charge < -0.3 is 0 Å². The Kier molecular flexibility index (Phi) is 4.24. The summed E-state index contributed by atoms with van der Waals surface area (Å²) in [5.74, 6) is 0. The molecule has 94 valence electrons. The first-order chi connectivity index (χ1) is 8.55. The maximum absolute atomic E-state index is 12.5. The van der Waals surface area contributed by atoms with Crippen LogP contribution in [0.25, 0.3) is 0 Å².